The number of nitrogens with zero attached hydrogens (tertiary/aromatic N) is 1. The highest BCUT2D eigenvalue weighted by Crippen LogP contribution is 2.06. The summed E-state index contributed by atoms with van der Waals surface area (Å²) >= 11 is 0. The number of nitrogens with one attached hydrogen (secondary N) is 3. The van der Waals surface area contributed by atoms with Crippen molar-refractivity contribution in [2.75, 3.05) is 19.6 Å². The molecule has 0 unspecified atom stereocenters. The van der Waals surface area contributed by atoms with Crippen LogP contribution in [0.2, 0.25) is 0 Å². The van der Waals surface area contributed by atoms with Crippen molar-refractivity contribution in [1.29, 1.82) is 0 Å². The van der Waals surface area contributed by atoms with E-state index in [9.17, 15) is 4.79 Å². The predicted molar refractivity (Wildman–Crippen MR) is 127 cm³/mol. The molecular formula is C22H31IN4O. The Morgan fingerprint density at radius 2 is 1.54 bits per heavy atom. The summed E-state index contributed by atoms with van der Waals surface area (Å²) in [6, 6.07) is 18.1. The molecule has 0 spiro atoms. The molecule has 0 radical (unpaired) electrons. The maximum absolute atomic E-state index is 11.8. The third-order valence-corrected chi connectivity index (χ3v) is 4.09. The zero-order valence-corrected chi connectivity index (χ0v) is 19.0. The lowest BCUT2D eigenvalue weighted by Crippen LogP contribution is -2.37. The van der Waals surface area contributed by atoms with Gasteiger partial charge in [-0.1, -0.05) is 42.5 Å². The summed E-state index contributed by atoms with van der Waals surface area (Å²) in [6.07, 6.45) is 2.10. The van der Waals surface area contributed by atoms with Crippen LogP contribution in [0.1, 0.15) is 41.8 Å². The maximum atomic E-state index is 11.8. The van der Waals surface area contributed by atoms with Gasteiger partial charge in [0.25, 0.3) is 5.91 Å². The highest BCUT2D eigenvalue weighted by molar-refractivity contribution is 14.0. The first-order valence-corrected chi connectivity index (χ1v) is 9.66. The number of rotatable bonds is 9. The van der Waals surface area contributed by atoms with Crippen molar-refractivity contribution in [1.82, 2.24) is 16.0 Å². The van der Waals surface area contributed by atoms with Crippen LogP contribution in [-0.4, -0.2) is 31.5 Å². The Labute approximate surface area is 185 Å². The quantitative estimate of drug-likeness (QED) is 0.215. The molecule has 0 fully saturated rings. The summed E-state index contributed by atoms with van der Waals surface area (Å²) in [5.74, 6) is 0.777. The SMILES string of the molecule is CCNC(=O)c1ccc(CN=C(NCC)NCCCc2ccccc2)cc1.I. The Hall–Kier alpha value is -2.09. The zero-order chi connectivity index (χ0) is 19.3. The molecule has 0 aliphatic carbocycles. The van der Waals surface area contributed by atoms with Gasteiger partial charge in [-0.15, -0.1) is 24.0 Å². The standard InChI is InChI=1S/C22H30N4O.HI/c1-3-23-21(27)20-14-12-19(13-15-20)17-26-22(24-4-2)25-16-8-11-18-9-6-5-7-10-18;/h5-7,9-10,12-15H,3-4,8,11,16-17H2,1-2H3,(H,23,27)(H2,24,25,26);1H. The van der Waals surface area contributed by atoms with Gasteiger partial charge in [0.1, 0.15) is 0 Å². The Kier molecular flexibility index (Phi) is 12.0. The number of aliphatic imine (C=N–C) groups is 1. The first kappa shape index (κ1) is 23.9. The topological polar surface area (TPSA) is 65.5 Å². The summed E-state index contributed by atoms with van der Waals surface area (Å²) in [4.78, 5) is 16.4. The van der Waals surface area contributed by atoms with Crippen molar-refractivity contribution in [2.24, 2.45) is 4.99 Å². The normalized spacial score (nSPS) is 10.7. The molecule has 0 aromatic heterocycles. The molecule has 152 valence electrons. The van der Waals surface area contributed by atoms with E-state index in [-0.39, 0.29) is 29.9 Å². The second kappa shape index (κ2) is 14.0. The minimum atomic E-state index is -0.0408. The largest absolute Gasteiger partial charge is 0.357 e. The maximum Gasteiger partial charge on any atom is 0.251 e. The predicted octanol–water partition coefficient (Wildman–Crippen LogP) is 3.74. The lowest BCUT2D eigenvalue weighted by atomic mass is 10.1. The average molecular weight is 494 g/mol. The molecule has 0 aliphatic rings. The van der Waals surface area contributed by atoms with Gasteiger partial charge in [0.2, 0.25) is 0 Å². The van der Waals surface area contributed by atoms with E-state index in [0.717, 1.165) is 37.5 Å². The molecule has 2 aromatic carbocycles. The molecule has 0 atom stereocenters. The van der Waals surface area contributed by atoms with E-state index in [2.05, 4.69) is 52.1 Å². The van der Waals surface area contributed by atoms with Crippen molar-refractivity contribution >= 4 is 35.8 Å². The van der Waals surface area contributed by atoms with Crippen molar-refractivity contribution in [3.8, 4) is 0 Å². The second-order valence-electron chi connectivity index (χ2n) is 6.27. The number of guanidine groups is 1. The first-order valence-electron chi connectivity index (χ1n) is 9.66. The van der Waals surface area contributed by atoms with Crippen LogP contribution < -0.4 is 16.0 Å². The van der Waals surface area contributed by atoms with Gasteiger partial charge in [0, 0.05) is 25.2 Å². The summed E-state index contributed by atoms with van der Waals surface area (Å²) in [5.41, 5.74) is 3.11. The number of aryl methyl sites for hydroxylation is 1. The van der Waals surface area contributed by atoms with Crippen LogP contribution in [0.4, 0.5) is 0 Å². The smallest absolute Gasteiger partial charge is 0.251 e. The van der Waals surface area contributed by atoms with Gasteiger partial charge >= 0.3 is 0 Å². The monoisotopic (exact) mass is 494 g/mol. The molecule has 2 rings (SSSR count). The number of hydrogen-bond donors (Lipinski definition) is 3. The van der Waals surface area contributed by atoms with Crippen LogP contribution in [0, 0.1) is 0 Å². The minimum Gasteiger partial charge on any atom is -0.357 e. The highest BCUT2D eigenvalue weighted by atomic mass is 127. The van der Waals surface area contributed by atoms with E-state index >= 15 is 0 Å². The number of benzene rings is 2. The summed E-state index contributed by atoms with van der Waals surface area (Å²) < 4.78 is 0. The third kappa shape index (κ3) is 8.73. The molecule has 5 nitrogen and oxygen atoms in total. The lowest BCUT2D eigenvalue weighted by molar-refractivity contribution is 0.0956. The number of carbonyl (C=O) groups is 1. The number of carbonyl (C=O) groups excluding carboxylic acids is 1. The zero-order valence-electron chi connectivity index (χ0n) is 16.7. The molecule has 0 bridgehead atoms. The molecule has 0 heterocycles. The fourth-order valence-corrected chi connectivity index (χ4v) is 2.68. The van der Waals surface area contributed by atoms with Crippen molar-refractivity contribution < 1.29 is 4.79 Å². The van der Waals surface area contributed by atoms with Crippen molar-refractivity contribution in [3.05, 3.63) is 71.3 Å². The molecule has 28 heavy (non-hydrogen) atoms. The fourth-order valence-electron chi connectivity index (χ4n) is 2.68. The fraction of sp³-hybridized carbons (Fsp3) is 0.364. The number of amides is 1. The Morgan fingerprint density at radius 3 is 2.18 bits per heavy atom. The van der Waals surface area contributed by atoms with Gasteiger partial charge in [-0.25, -0.2) is 4.99 Å². The minimum absolute atomic E-state index is 0. The van der Waals surface area contributed by atoms with E-state index in [1.54, 1.807) is 0 Å². The van der Waals surface area contributed by atoms with Gasteiger partial charge in [0.15, 0.2) is 5.96 Å². The summed E-state index contributed by atoms with van der Waals surface area (Å²) in [7, 11) is 0. The summed E-state index contributed by atoms with van der Waals surface area (Å²) in [6.45, 7) is 6.87. The average Bonchev–Trinajstić information content (AvgIpc) is 2.70. The first-order chi connectivity index (χ1) is 13.2. The Morgan fingerprint density at radius 1 is 0.857 bits per heavy atom. The molecule has 1 amide bonds. The lowest BCUT2D eigenvalue weighted by Gasteiger charge is -2.11. The molecule has 0 saturated heterocycles. The van der Waals surface area contributed by atoms with Gasteiger partial charge in [-0.2, -0.15) is 0 Å². The van der Waals surface area contributed by atoms with E-state index in [1.165, 1.54) is 5.56 Å². The van der Waals surface area contributed by atoms with Gasteiger partial charge in [0.05, 0.1) is 6.54 Å². The molecule has 3 N–H and O–H groups in total. The Balaban J connectivity index is 0.00000392. The van der Waals surface area contributed by atoms with E-state index < -0.39 is 0 Å². The Bertz CT molecular complexity index is 717. The summed E-state index contributed by atoms with van der Waals surface area (Å²) in [5, 5.41) is 9.46. The van der Waals surface area contributed by atoms with Crippen LogP contribution in [-0.2, 0) is 13.0 Å². The second-order valence-corrected chi connectivity index (χ2v) is 6.27. The van der Waals surface area contributed by atoms with E-state index in [1.807, 2.05) is 37.3 Å². The molecule has 0 aliphatic heterocycles. The van der Waals surface area contributed by atoms with Gasteiger partial charge in [-0.3, -0.25) is 4.79 Å². The van der Waals surface area contributed by atoms with E-state index in [4.69, 9.17) is 0 Å². The highest BCUT2D eigenvalue weighted by Gasteiger charge is 2.03. The van der Waals surface area contributed by atoms with Gasteiger partial charge in [-0.05, 0) is 49.9 Å². The van der Waals surface area contributed by atoms with E-state index in [0.29, 0.717) is 18.7 Å². The van der Waals surface area contributed by atoms with Crippen LogP contribution in [0.3, 0.4) is 0 Å². The molecule has 0 saturated carbocycles. The van der Waals surface area contributed by atoms with Gasteiger partial charge < -0.3 is 16.0 Å². The molecule has 2 aromatic rings. The third-order valence-electron chi connectivity index (χ3n) is 4.09. The van der Waals surface area contributed by atoms with Crippen LogP contribution in [0.25, 0.3) is 0 Å². The van der Waals surface area contributed by atoms with Crippen LogP contribution >= 0.6 is 24.0 Å². The number of halogens is 1. The molecular weight excluding hydrogens is 463 g/mol. The van der Waals surface area contributed by atoms with Crippen molar-refractivity contribution in [2.45, 2.75) is 33.2 Å². The van der Waals surface area contributed by atoms with Crippen molar-refractivity contribution in [3.63, 3.8) is 0 Å². The van der Waals surface area contributed by atoms with Crippen LogP contribution in [0.15, 0.2) is 59.6 Å². The van der Waals surface area contributed by atoms with Crippen LogP contribution in [0.5, 0.6) is 0 Å². The molecule has 6 heteroatoms. The number of hydrogen-bond acceptors (Lipinski definition) is 2.